The van der Waals surface area contributed by atoms with Crippen LogP contribution in [0.4, 0.5) is 0 Å². The Morgan fingerprint density at radius 2 is 1.93 bits per heavy atom. The molecular formula is C22H30N4O2S. The van der Waals surface area contributed by atoms with Gasteiger partial charge in [-0.2, -0.15) is 5.10 Å². The third kappa shape index (κ3) is 4.78. The number of aryl methyl sites for hydroxylation is 1. The molecule has 1 aromatic carbocycles. The number of hydrogen-bond donors (Lipinski definition) is 1. The van der Waals surface area contributed by atoms with E-state index in [1.54, 1.807) is 11.3 Å². The van der Waals surface area contributed by atoms with Gasteiger partial charge in [0, 0.05) is 37.9 Å². The highest BCUT2D eigenvalue weighted by atomic mass is 32.1. The zero-order valence-electron chi connectivity index (χ0n) is 17.1. The Kier molecular flexibility index (Phi) is 6.45. The number of likely N-dealkylation sites (tertiary alicyclic amines) is 1. The van der Waals surface area contributed by atoms with Crippen LogP contribution in [0.1, 0.15) is 55.3 Å². The van der Waals surface area contributed by atoms with Crippen LogP contribution in [0.15, 0.2) is 29.3 Å². The molecule has 7 heteroatoms. The minimum atomic E-state index is 0.0485. The van der Waals surface area contributed by atoms with E-state index in [0.29, 0.717) is 18.2 Å². The molecule has 1 amide bonds. The topological polar surface area (TPSA) is 70.7 Å². The largest absolute Gasteiger partial charge is 0.396 e. The summed E-state index contributed by atoms with van der Waals surface area (Å²) in [6.07, 6.45) is 8.18. The van der Waals surface area contributed by atoms with Gasteiger partial charge in [-0.05, 0) is 43.7 Å². The Hall–Kier alpha value is -1.99. The summed E-state index contributed by atoms with van der Waals surface area (Å²) in [5, 5.41) is 15.0. The summed E-state index contributed by atoms with van der Waals surface area (Å²) in [5.41, 5.74) is 1.71. The number of hydrogen-bond acceptors (Lipinski definition) is 5. The number of aliphatic hydroxyl groups excluding tert-OH is 1. The van der Waals surface area contributed by atoms with Gasteiger partial charge in [0.2, 0.25) is 4.80 Å². The molecule has 0 radical (unpaired) electrons. The first-order chi connectivity index (χ1) is 14.1. The highest BCUT2D eigenvalue weighted by Crippen LogP contribution is 2.23. The third-order valence-corrected chi connectivity index (χ3v) is 7.08. The van der Waals surface area contributed by atoms with Crippen LogP contribution in [0.5, 0.6) is 0 Å². The molecule has 1 saturated heterocycles. The highest BCUT2D eigenvalue weighted by Gasteiger charge is 2.24. The summed E-state index contributed by atoms with van der Waals surface area (Å²) in [6.45, 7) is 1.56. The Labute approximate surface area is 175 Å². The van der Waals surface area contributed by atoms with E-state index in [1.165, 1.54) is 32.1 Å². The van der Waals surface area contributed by atoms with E-state index in [2.05, 4.69) is 5.10 Å². The lowest BCUT2D eigenvalue weighted by molar-refractivity contribution is 0.0620. The Balaban J connectivity index is 1.48. The monoisotopic (exact) mass is 414 g/mol. The molecule has 2 aromatic rings. The summed E-state index contributed by atoms with van der Waals surface area (Å²) in [5.74, 6) is 0.251. The maximum absolute atomic E-state index is 12.8. The van der Waals surface area contributed by atoms with Gasteiger partial charge in [-0.15, -0.1) is 0 Å². The summed E-state index contributed by atoms with van der Waals surface area (Å²) in [6, 6.07) is 8.16. The normalized spacial score (nSPS) is 21.5. The smallest absolute Gasteiger partial charge is 0.253 e. The molecule has 1 atom stereocenters. The van der Waals surface area contributed by atoms with E-state index >= 15 is 0 Å². The van der Waals surface area contributed by atoms with Gasteiger partial charge in [0.1, 0.15) is 5.01 Å². The Morgan fingerprint density at radius 3 is 2.66 bits per heavy atom. The van der Waals surface area contributed by atoms with Gasteiger partial charge in [-0.3, -0.25) is 9.79 Å². The molecule has 1 aliphatic carbocycles. The highest BCUT2D eigenvalue weighted by molar-refractivity contribution is 7.12. The molecule has 156 valence electrons. The van der Waals surface area contributed by atoms with Crippen molar-refractivity contribution in [2.75, 3.05) is 19.7 Å². The number of carbonyl (C=O) groups excluding carboxylic acids is 1. The molecule has 2 fully saturated rings. The van der Waals surface area contributed by atoms with Gasteiger partial charge in [0.25, 0.3) is 5.91 Å². The second-order valence-electron chi connectivity index (χ2n) is 8.25. The number of benzene rings is 1. The molecule has 1 aromatic heterocycles. The van der Waals surface area contributed by atoms with E-state index in [0.717, 1.165) is 34.8 Å². The zero-order chi connectivity index (χ0) is 20.2. The fourth-order valence-corrected chi connectivity index (χ4v) is 5.25. The molecule has 29 heavy (non-hydrogen) atoms. The van der Waals surface area contributed by atoms with Crippen LogP contribution in [0, 0.1) is 5.92 Å². The molecule has 2 aliphatic rings. The second-order valence-corrected chi connectivity index (χ2v) is 9.21. The SMILES string of the molecule is Cn1nc(-c2ccc(C(=O)N3CCCC(CO)C3)cc2)s/c1=N/C1CCCCC1. The van der Waals surface area contributed by atoms with Gasteiger partial charge in [-0.1, -0.05) is 42.7 Å². The van der Waals surface area contributed by atoms with Crippen molar-refractivity contribution in [3.05, 3.63) is 34.6 Å². The maximum atomic E-state index is 12.8. The number of piperidine rings is 1. The number of carbonyl (C=O) groups is 1. The minimum absolute atomic E-state index is 0.0485. The predicted molar refractivity (Wildman–Crippen MR) is 115 cm³/mol. The van der Waals surface area contributed by atoms with E-state index < -0.39 is 0 Å². The van der Waals surface area contributed by atoms with Crippen molar-refractivity contribution >= 4 is 17.2 Å². The van der Waals surface area contributed by atoms with Crippen molar-refractivity contribution in [2.45, 2.75) is 51.0 Å². The van der Waals surface area contributed by atoms with Crippen LogP contribution in [0.3, 0.4) is 0 Å². The van der Waals surface area contributed by atoms with Crippen LogP contribution < -0.4 is 4.80 Å². The van der Waals surface area contributed by atoms with Gasteiger partial charge in [0.15, 0.2) is 0 Å². The predicted octanol–water partition coefficient (Wildman–Crippen LogP) is 3.23. The van der Waals surface area contributed by atoms with Crippen LogP contribution in [-0.4, -0.2) is 51.4 Å². The van der Waals surface area contributed by atoms with Crippen molar-refractivity contribution in [3.8, 4) is 10.6 Å². The van der Waals surface area contributed by atoms with E-state index in [4.69, 9.17) is 4.99 Å². The molecule has 4 rings (SSSR count). The third-order valence-electron chi connectivity index (χ3n) is 6.02. The first-order valence-electron chi connectivity index (χ1n) is 10.7. The molecule has 0 bridgehead atoms. The minimum Gasteiger partial charge on any atom is -0.396 e. The molecule has 6 nitrogen and oxygen atoms in total. The molecule has 2 heterocycles. The average Bonchev–Trinajstić information content (AvgIpc) is 3.14. The van der Waals surface area contributed by atoms with Crippen molar-refractivity contribution in [2.24, 2.45) is 18.0 Å². The fourth-order valence-electron chi connectivity index (χ4n) is 4.28. The first kappa shape index (κ1) is 20.3. The van der Waals surface area contributed by atoms with Crippen LogP contribution in [0.25, 0.3) is 10.6 Å². The summed E-state index contributed by atoms with van der Waals surface area (Å²) < 4.78 is 1.87. The number of nitrogens with zero attached hydrogens (tertiary/aromatic N) is 4. The lowest BCUT2D eigenvalue weighted by Crippen LogP contribution is -2.40. The maximum Gasteiger partial charge on any atom is 0.253 e. The van der Waals surface area contributed by atoms with Crippen LogP contribution in [0.2, 0.25) is 0 Å². The van der Waals surface area contributed by atoms with Gasteiger partial charge in [0.05, 0.1) is 6.04 Å². The Morgan fingerprint density at radius 1 is 1.17 bits per heavy atom. The van der Waals surface area contributed by atoms with E-state index in [9.17, 15) is 9.90 Å². The average molecular weight is 415 g/mol. The molecule has 1 N–H and O–H groups in total. The molecule has 0 spiro atoms. The summed E-state index contributed by atoms with van der Waals surface area (Å²) in [4.78, 5) is 20.6. The standard InChI is InChI=1S/C22H30N4O2S/c1-25-22(23-19-7-3-2-4-8-19)29-20(24-25)17-9-11-18(12-10-17)21(28)26-13-5-6-16(14-26)15-27/h9-12,16,19,27H,2-8,13-15H2,1H3/b23-22+. The Bertz CT molecular complexity index is 896. The number of aromatic nitrogens is 2. The fraction of sp³-hybridized carbons (Fsp3) is 0.591. The van der Waals surface area contributed by atoms with Crippen molar-refractivity contribution in [3.63, 3.8) is 0 Å². The molecule has 1 aliphatic heterocycles. The number of aliphatic hydroxyl groups is 1. The molecule has 1 saturated carbocycles. The van der Waals surface area contributed by atoms with E-state index in [1.807, 2.05) is 40.9 Å². The quantitative estimate of drug-likeness (QED) is 0.835. The number of rotatable bonds is 4. The van der Waals surface area contributed by atoms with Crippen molar-refractivity contribution < 1.29 is 9.90 Å². The first-order valence-corrected chi connectivity index (χ1v) is 11.5. The lowest BCUT2D eigenvalue weighted by Gasteiger charge is -2.31. The van der Waals surface area contributed by atoms with Crippen molar-refractivity contribution in [1.82, 2.24) is 14.7 Å². The lowest BCUT2D eigenvalue weighted by atomic mass is 9.96. The van der Waals surface area contributed by atoms with Gasteiger partial charge < -0.3 is 10.0 Å². The van der Waals surface area contributed by atoms with E-state index in [-0.39, 0.29) is 18.4 Å². The van der Waals surface area contributed by atoms with Crippen LogP contribution >= 0.6 is 11.3 Å². The van der Waals surface area contributed by atoms with Crippen molar-refractivity contribution in [1.29, 1.82) is 0 Å². The summed E-state index contributed by atoms with van der Waals surface area (Å²) >= 11 is 1.61. The van der Waals surface area contributed by atoms with Gasteiger partial charge in [-0.25, -0.2) is 4.68 Å². The molecule has 1 unspecified atom stereocenters. The van der Waals surface area contributed by atoms with Gasteiger partial charge >= 0.3 is 0 Å². The summed E-state index contributed by atoms with van der Waals surface area (Å²) in [7, 11) is 1.95. The van der Waals surface area contributed by atoms with Crippen LogP contribution in [-0.2, 0) is 7.05 Å². The number of amides is 1. The zero-order valence-corrected chi connectivity index (χ0v) is 17.9. The molecular weight excluding hydrogens is 384 g/mol. The second kappa shape index (κ2) is 9.22.